The van der Waals surface area contributed by atoms with Crippen LogP contribution in [0.1, 0.15) is 13.8 Å². The molecule has 0 radical (unpaired) electrons. The maximum Gasteiger partial charge on any atom is 0.204 e. The van der Waals surface area contributed by atoms with Crippen LogP contribution in [0.5, 0.6) is 0 Å². The largest absolute Gasteiger partial charge is 0.394 e. The van der Waals surface area contributed by atoms with Crippen LogP contribution < -0.4 is 11.2 Å². The highest BCUT2D eigenvalue weighted by molar-refractivity contribution is 5.33. The van der Waals surface area contributed by atoms with Crippen molar-refractivity contribution < 1.29 is 4.74 Å². The summed E-state index contributed by atoms with van der Waals surface area (Å²) in [6.07, 6.45) is 3.25. The molecule has 14 heavy (non-hydrogen) atoms. The summed E-state index contributed by atoms with van der Waals surface area (Å²) in [6.45, 7) is 5.30. The van der Waals surface area contributed by atoms with Gasteiger partial charge in [-0.15, -0.1) is 0 Å². The van der Waals surface area contributed by atoms with Crippen LogP contribution in [0.15, 0.2) is 23.3 Å². The predicted molar refractivity (Wildman–Crippen MR) is 55.9 cm³/mol. The summed E-state index contributed by atoms with van der Waals surface area (Å²) in [5.41, 5.74) is 5.57. The number of anilines is 1. The highest BCUT2D eigenvalue weighted by Gasteiger charge is 1.96. The van der Waals surface area contributed by atoms with Crippen molar-refractivity contribution in [2.75, 3.05) is 12.3 Å². The van der Waals surface area contributed by atoms with Crippen LogP contribution >= 0.6 is 0 Å². The fourth-order valence-electron chi connectivity index (χ4n) is 1.02. The second-order valence-electron chi connectivity index (χ2n) is 3.67. The molecule has 0 amide bonds. The van der Waals surface area contributed by atoms with Gasteiger partial charge in [0.1, 0.15) is 6.73 Å². The van der Waals surface area contributed by atoms with E-state index in [0.717, 1.165) is 0 Å². The van der Waals surface area contributed by atoms with Crippen LogP contribution in [0.25, 0.3) is 0 Å². The lowest BCUT2D eigenvalue weighted by molar-refractivity contribution is 0.0575. The molecule has 0 aliphatic carbocycles. The van der Waals surface area contributed by atoms with Crippen molar-refractivity contribution in [3.8, 4) is 0 Å². The molecule has 1 aromatic heterocycles. The molecule has 0 fully saturated rings. The number of nitrogens with two attached hydrogens (primary N) is 1. The van der Waals surface area contributed by atoms with E-state index >= 15 is 0 Å². The van der Waals surface area contributed by atoms with Crippen molar-refractivity contribution in [1.82, 2.24) is 4.57 Å². The van der Waals surface area contributed by atoms with Gasteiger partial charge in [0.05, 0.1) is 12.3 Å². The van der Waals surface area contributed by atoms with Gasteiger partial charge in [-0.2, -0.15) is 0 Å². The molecule has 1 heterocycles. The molecule has 0 atom stereocenters. The Hall–Kier alpha value is -1.29. The minimum atomic E-state index is -0.148. The monoisotopic (exact) mass is 196 g/mol. The molecule has 0 aliphatic heterocycles. The van der Waals surface area contributed by atoms with Gasteiger partial charge in [-0.25, -0.2) is 0 Å². The van der Waals surface area contributed by atoms with Crippen LogP contribution in [0.4, 0.5) is 5.69 Å². The molecule has 1 aromatic rings. The number of nitrogen functional groups attached to an aromatic ring is 1. The number of pyridine rings is 1. The minimum Gasteiger partial charge on any atom is -0.394 e. The minimum absolute atomic E-state index is 0.148. The normalized spacial score (nSPS) is 10.8. The molecular formula is C10H16N2O2. The zero-order chi connectivity index (χ0) is 10.6. The van der Waals surface area contributed by atoms with Gasteiger partial charge < -0.3 is 15.0 Å². The van der Waals surface area contributed by atoms with Gasteiger partial charge in [0.2, 0.25) is 5.43 Å². The third-order valence-corrected chi connectivity index (χ3v) is 1.70. The summed E-state index contributed by atoms with van der Waals surface area (Å²) >= 11 is 0. The zero-order valence-corrected chi connectivity index (χ0v) is 8.56. The number of aromatic nitrogens is 1. The second-order valence-corrected chi connectivity index (χ2v) is 3.67. The smallest absolute Gasteiger partial charge is 0.204 e. The van der Waals surface area contributed by atoms with Crippen LogP contribution in [-0.4, -0.2) is 11.2 Å². The molecule has 2 N–H and O–H groups in total. The lowest BCUT2D eigenvalue weighted by Crippen LogP contribution is -2.13. The van der Waals surface area contributed by atoms with Gasteiger partial charge in [0.25, 0.3) is 0 Å². The fourth-order valence-corrected chi connectivity index (χ4v) is 1.02. The van der Waals surface area contributed by atoms with E-state index in [0.29, 0.717) is 19.3 Å². The van der Waals surface area contributed by atoms with Crippen LogP contribution in [0.3, 0.4) is 0 Å². The number of rotatable bonds is 4. The summed E-state index contributed by atoms with van der Waals surface area (Å²) in [5, 5.41) is 0. The van der Waals surface area contributed by atoms with Crippen molar-refractivity contribution >= 4 is 5.69 Å². The topological polar surface area (TPSA) is 57.2 Å². The Kier molecular flexibility index (Phi) is 3.71. The molecule has 0 spiro atoms. The highest BCUT2D eigenvalue weighted by Crippen LogP contribution is 1.97. The Bertz CT molecular complexity index is 344. The van der Waals surface area contributed by atoms with Gasteiger partial charge in [0.15, 0.2) is 0 Å². The van der Waals surface area contributed by atoms with Crippen molar-refractivity contribution in [3.05, 3.63) is 28.7 Å². The lowest BCUT2D eigenvalue weighted by Gasteiger charge is -2.09. The predicted octanol–water partition coefficient (Wildman–Crippen LogP) is 1.06. The van der Waals surface area contributed by atoms with Crippen LogP contribution in [0, 0.1) is 5.92 Å². The summed E-state index contributed by atoms with van der Waals surface area (Å²) in [4.78, 5) is 11.0. The maximum atomic E-state index is 11.0. The van der Waals surface area contributed by atoms with Crippen LogP contribution in [-0.2, 0) is 11.5 Å². The average Bonchev–Trinajstić information content (AvgIpc) is 2.10. The van der Waals surface area contributed by atoms with Gasteiger partial charge in [0, 0.05) is 18.5 Å². The molecule has 0 aromatic carbocycles. The van der Waals surface area contributed by atoms with E-state index in [4.69, 9.17) is 10.5 Å². The first kappa shape index (κ1) is 10.8. The van der Waals surface area contributed by atoms with Gasteiger partial charge >= 0.3 is 0 Å². The molecule has 0 saturated heterocycles. The molecule has 78 valence electrons. The van der Waals surface area contributed by atoms with Gasteiger partial charge in [-0.05, 0) is 5.92 Å². The molecule has 1 rings (SSSR count). The molecule has 0 aliphatic rings. The number of ether oxygens (including phenoxy) is 1. The quantitative estimate of drug-likeness (QED) is 0.783. The zero-order valence-electron chi connectivity index (χ0n) is 8.56. The second kappa shape index (κ2) is 4.81. The number of hydrogen-bond acceptors (Lipinski definition) is 3. The first-order valence-corrected chi connectivity index (χ1v) is 4.63. The van der Waals surface area contributed by atoms with E-state index < -0.39 is 0 Å². The van der Waals surface area contributed by atoms with E-state index in [1.807, 2.05) is 0 Å². The van der Waals surface area contributed by atoms with E-state index in [1.165, 1.54) is 6.07 Å². The van der Waals surface area contributed by atoms with E-state index in [-0.39, 0.29) is 11.1 Å². The Morgan fingerprint density at radius 1 is 1.57 bits per heavy atom. The van der Waals surface area contributed by atoms with Crippen LogP contribution in [0.2, 0.25) is 0 Å². The van der Waals surface area contributed by atoms with Gasteiger partial charge in [-0.3, -0.25) is 4.79 Å². The summed E-state index contributed by atoms with van der Waals surface area (Å²) < 4.78 is 7.13. The number of nitrogens with zero attached hydrogens (tertiary/aromatic N) is 1. The standard InChI is InChI=1S/C10H16N2O2/c1-8(2)6-14-7-12-4-3-10(13)9(11)5-12/h3-5,8H,6-7,11H2,1-2H3. The molecule has 4 heteroatoms. The third kappa shape index (κ3) is 3.22. The average molecular weight is 196 g/mol. The van der Waals surface area contributed by atoms with E-state index in [1.54, 1.807) is 17.0 Å². The lowest BCUT2D eigenvalue weighted by atomic mass is 10.2. The van der Waals surface area contributed by atoms with Crippen molar-refractivity contribution in [3.63, 3.8) is 0 Å². The third-order valence-electron chi connectivity index (χ3n) is 1.70. The first-order chi connectivity index (χ1) is 6.59. The maximum absolute atomic E-state index is 11.0. The summed E-state index contributed by atoms with van der Waals surface area (Å²) in [5.74, 6) is 0.506. The van der Waals surface area contributed by atoms with E-state index in [9.17, 15) is 4.79 Å². The molecular weight excluding hydrogens is 180 g/mol. The van der Waals surface area contributed by atoms with Crippen molar-refractivity contribution in [2.24, 2.45) is 5.92 Å². The molecule has 4 nitrogen and oxygen atoms in total. The molecule has 0 unspecified atom stereocenters. The van der Waals surface area contributed by atoms with E-state index in [2.05, 4.69) is 13.8 Å². The summed E-state index contributed by atoms with van der Waals surface area (Å²) in [6, 6.07) is 1.44. The summed E-state index contributed by atoms with van der Waals surface area (Å²) in [7, 11) is 0. The highest BCUT2D eigenvalue weighted by atomic mass is 16.5. The van der Waals surface area contributed by atoms with Crippen molar-refractivity contribution in [2.45, 2.75) is 20.6 Å². The van der Waals surface area contributed by atoms with Gasteiger partial charge in [-0.1, -0.05) is 13.8 Å². The SMILES string of the molecule is CC(C)COCn1ccc(=O)c(N)c1. The molecule has 0 bridgehead atoms. The van der Waals surface area contributed by atoms with Crippen molar-refractivity contribution in [1.29, 1.82) is 0 Å². The number of hydrogen-bond donors (Lipinski definition) is 1. The fraction of sp³-hybridized carbons (Fsp3) is 0.500. The Labute approximate surface area is 83.3 Å². The Morgan fingerprint density at radius 2 is 2.29 bits per heavy atom. The Morgan fingerprint density at radius 3 is 2.86 bits per heavy atom. The molecule has 0 saturated carbocycles. The Balaban J connectivity index is 2.52. The first-order valence-electron chi connectivity index (χ1n) is 4.63.